The Morgan fingerprint density at radius 1 is 1.42 bits per heavy atom. The molecule has 1 heterocycles. The maximum atomic E-state index is 11.9. The third kappa shape index (κ3) is 3.47. The summed E-state index contributed by atoms with van der Waals surface area (Å²) in [4.78, 5) is 11.9. The van der Waals surface area contributed by atoms with Gasteiger partial charge in [0.15, 0.2) is 9.84 Å². The second-order valence-electron chi connectivity index (χ2n) is 4.63. The molecular formula is C13H17NO4S. The van der Waals surface area contributed by atoms with Gasteiger partial charge in [-0.05, 0) is 12.5 Å². The fraction of sp³-hybridized carbons (Fsp3) is 0.462. The van der Waals surface area contributed by atoms with E-state index in [4.69, 9.17) is 4.74 Å². The highest BCUT2D eigenvalue weighted by Crippen LogP contribution is 2.20. The molecule has 1 saturated heterocycles. The van der Waals surface area contributed by atoms with Crippen LogP contribution in [0.2, 0.25) is 0 Å². The van der Waals surface area contributed by atoms with Crippen LogP contribution in [0.1, 0.15) is 12.0 Å². The molecule has 0 aliphatic carbocycles. The maximum Gasteiger partial charge on any atom is 0.224 e. The van der Waals surface area contributed by atoms with Gasteiger partial charge in [-0.25, -0.2) is 8.42 Å². The van der Waals surface area contributed by atoms with E-state index in [0.717, 1.165) is 5.56 Å². The lowest BCUT2D eigenvalue weighted by molar-refractivity contribution is -0.124. The summed E-state index contributed by atoms with van der Waals surface area (Å²) in [7, 11) is -1.45. The zero-order valence-corrected chi connectivity index (χ0v) is 11.6. The lowest BCUT2D eigenvalue weighted by Crippen LogP contribution is -2.31. The van der Waals surface area contributed by atoms with Crippen molar-refractivity contribution < 1.29 is 17.9 Å². The van der Waals surface area contributed by atoms with E-state index in [0.29, 0.717) is 18.7 Å². The number of sulfone groups is 1. The highest BCUT2D eigenvalue weighted by Gasteiger charge is 2.32. The topological polar surface area (TPSA) is 72.5 Å². The number of carbonyl (C=O) groups is 1. The Morgan fingerprint density at radius 3 is 2.79 bits per heavy atom. The molecule has 1 aliphatic heterocycles. The summed E-state index contributed by atoms with van der Waals surface area (Å²) < 4.78 is 27.8. The first kappa shape index (κ1) is 13.9. The van der Waals surface area contributed by atoms with Crippen molar-refractivity contribution >= 4 is 15.7 Å². The number of amides is 1. The number of para-hydroxylation sites is 1. The number of hydrogen-bond donors (Lipinski definition) is 1. The lowest BCUT2D eigenvalue weighted by atomic mass is 10.1. The van der Waals surface area contributed by atoms with Crippen molar-refractivity contribution in [2.45, 2.75) is 13.0 Å². The van der Waals surface area contributed by atoms with Gasteiger partial charge in [0.05, 0.1) is 24.5 Å². The molecule has 1 amide bonds. The van der Waals surface area contributed by atoms with Crippen LogP contribution in [0.25, 0.3) is 0 Å². The van der Waals surface area contributed by atoms with E-state index in [1.807, 2.05) is 24.3 Å². The number of hydrogen-bond acceptors (Lipinski definition) is 4. The van der Waals surface area contributed by atoms with Crippen LogP contribution in [-0.4, -0.2) is 32.9 Å². The average Bonchev–Trinajstić information content (AvgIpc) is 2.76. The van der Waals surface area contributed by atoms with E-state index < -0.39 is 15.8 Å². The number of benzene rings is 1. The SMILES string of the molecule is COc1ccccc1CNC(=O)C1CCS(=O)(=O)C1. The van der Waals surface area contributed by atoms with Crippen LogP contribution in [0.4, 0.5) is 0 Å². The largest absolute Gasteiger partial charge is 0.496 e. The standard InChI is InChI=1S/C13H17NO4S/c1-18-12-5-3-2-4-10(12)8-14-13(15)11-6-7-19(16,17)9-11/h2-5,11H,6-9H2,1H3,(H,14,15). The molecule has 6 heteroatoms. The van der Waals surface area contributed by atoms with Gasteiger partial charge in [0.25, 0.3) is 0 Å². The smallest absolute Gasteiger partial charge is 0.224 e. The predicted octanol–water partition coefficient (Wildman–Crippen LogP) is 0.746. The number of methoxy groups -OCH3 is 1. The summed E-state index contributed by atoms with van der Waals surface area (Å²) in [6.07, 6.45) is 0.417. The predicted molar refractivity (Wildman–Crippen MR) is 71.6 cm³/mol. The second kappa shape index (κ2) is 5.61. The van der Waals surface area contributed by atoms with Gasteiger partial charge in [0.2, 0.25) is 5.91 Å². The fourth-order valence-corrected chi connectivity index (χ4v) is 3.92. The first-order valence-corrected chi connectivity index (χ1v) is 7.94. The van der Waals surface area contributed by atoms with Crippen molar-refractivity contribution in [3.63, 3.8) is 0 Å². The van der Waals surface area contributed by atoms with Crippen molar-refractivity contribution in [3.8, 4) is 5.75 Å². The van der Waals surface area contributed by atoms with E-state index in [1.165, 1.54) is 0 Å². The molecule has 0 spiro atoms. The van der Waals surface area contributed by atoms with E-state index in [9.17, 15) is 13.2 Å². The zero-order chi connectivity index (χ0) is 13.9. The van der Waals surface area contributed by atoms with Crippen molar-refractivity contribution in [1.29, 1.82) is 0 Å². The van der Waals surface area contributed by atoms with Crippen LogP contribution >= 0.6 is 0 Å². The molecule has 0 aromatic heterocycles. The molecule has 1 aromatic carbocycles. The third-order valence-corrected chi connectivity index (χ3v) is 5.02. The minimum atomic E-state index is -3.02. The monoisotopic (exact) mass is 283 g/mol. The Kier molecular flexibility index (Phi) is 4.09. The first-order valence-electron chi connectivity index (χ1n) is 6.12. The zero-order valence-electron chi connectivity index (χ0n) is 10.8. The van der Waals surface area contributed by atoms with Gasteiger partial charge in [0, 0.05) is 12.1 Å². The Bertz CT molecular complexity index is 568. The molecule has 104 valence electrons. The van der Waals surface area contributed by atoms with Gasteiger partial charge < -0.3 is 10.1 Å². The molecule has 1 unspecified atom stereocenters. The van der Waals surface area contributed by atoms with Gasteiger partial charge in [-0.15, -0.1) is 0 Å². The summed E-state index contributed by atoms with van der Waals surface area (Å²) in [6.45, 7) is 0.347. The van der Waals surface area contributed by atoms with E-state index >= 15 is 0 Å². The molecule has 1 aromatic rings. The van der Waals surface area contributed by atoms with Crippen LogP contribution in [0.15, 0.2) is 24.3 Å². The molecule has 0 radical (unpaired) electrons. The van der Waals surface area contributed by atoms with Crippen LogP contribution in [0, 0.1) is 5.92 Å². The summed E-state index contributed by atoms with van der Waals surface area (Å²) >= 11 is 0. The quantitative estimate of drug-likeness (QED) is 0.885. The summed E-state index contributed by atoms with van der Waals surface area (Å²) in [5.74, 6) is 0.165. The van der Waals surface area contributed by atoms with Gasteiger partial charge in [0.1, 0.15) is 5.75 Å². The Morgan fingerprint density at radius 2 is 2.16 bits per heavy atom. The molecule has 0 saturated carbocycles. The molecule has 19 heavy (non-hydrogen) atoms. The normalized spacial score (nSPS) is 21.0. The molecular weight excluding hydrogens is 266 g/mol. The highest BCUT2D eigenvalue weighted by molar-refractivity contribution is 7.91. The average molecular weight is 283 g/mol. The Hall–Kier alpha value is -1.56. The van der Waals surface area contributed by atoms with Gasteiger partial charge in [-0.1, -0.05) is 18.2 Å². The summed E-state index contributed by atoms with van der Waals surface area (Å²) in [5.41, 5.74) is 0.874. The van der Waals surface area contributed by atoms with Crippen molar-refractivity contribution in [3.05, 3.63) is 29.8 Å². The Labute approximate surface area is 112 Å². The number of nitrogens with one attached hydrogen (secondary N) is 1. The Balaban J connectivity index is 1.94. The number of ether oxygens (including phenoxy) is 1. The van der Waals surface area contributed by atoms with Gasteiger partial charge in [-0.2, -0.15) is 0 Å². The van der Waals surface area contributed by atoms with Crippen LogP contribution in [-0.2, 0) is 21.2 Å². The number of carbonyl (C=O) groups excluding carboxylic acids is 1. The molecule has 5 nitrogen and oxygen atoms in total. The first-order chi connectivity index (χ1) is 9.02. The molecule has 1 fully saturated rings. The third-order valence-electron chi connectivity index (χ3n) is 3.25. The van der Waals surface area contributed by atoms with Gasteiger partial charge >= 0.3 is 0 Å². The van der Waals surface area contributed by atoms with Gasteiger partial charge in [-0.3, -0.25) is 4.79 Å². The fourth-order valence-electron chi connectivity index (χ4n) is 2.18. The number of rotatable bonds is 4. The minimum Gasteiger partial charge on any atom is -0.496 e. The van der Waals surface area contributed by atoms with Crippen LogP contribution in [0.5, 0.6) is 5.75 Å². The maximum absolute atomic E-state index is 11.9. The summed E-state index contributed by atoms with van der Waals surface area (Å²) in [6, 6.07) is 7.41. The van der Waals surface area contributed by atoms with Crippen molar-refractivity contribution in [2.24, 2.45) is 5.92 Å². The van der Waals surface area contributed by atoms with Crippen molar-refractivity contribution in [1.82, 2.24) is 5.32 Å². The molecule has 1 atom stereocenters. The van der Waals surface area contributed by atoms with Crippen LogP contribution in [0.3, 0.4) is 0 Å². The van der Waals surface area contributed by atoms with E-state index in [2.05, 4.69) is 5.32 Å². The van der Waals surface area contributed by atoms with E-state index in [1.54, 1.807) is 7.11 Å². The highest BCUT2D eigenvalue weighted by atomic mass is 32.2. The van der Waals surface area contributed by atoms with E-state index in [-0.39, 0.29) is 17.4 Å². The second-order valence-corrected chi connectivity index (χ2v) is 6.86. The van der Waals surface area contributed by atoms with Crippen molar-refractivity contribution in [2.75, 3.05) is 18.6 Å². The van der Waals surface area contributed by atoms with Crippen LogP contribution < -0.4 is 10.1 Å². The summed E-state index contributed by atoms with van der Waals surface area (Å²) in [5, 5.41) is 2.77. The molecule has 0 bridgehead atoms. The molecule has 1 N–H and O–H groups in total. The molecule has 1 aliphatic rings. The molecule has 2 rings (SSSR count). The minimum absolute atomic E-state index is 0.0369. The lowest BCUT2D eigenvalue weighted by Gasteiger charge is -2.11.